The lowest BCUT2D eigenvalue weighted by molar-refractivity contribution is -0.384. The Kier molecular flexibility index (Phi) is 8.67. The zero-order chi connectivity index (χ0) is 23.0. The van der Waals surface area contributed by atoms with Crippen LogP contribution >= 0.6 is 11.6 Å². The van der Waals surface area contributed by atoms with E-state index < -0.39 is 4.92 Å². The van der Waals surface area contributed by atoms with Crippen LogP contribution in [0.25, 0.3) is 0 Å². The molecule has 2 aromatic rings. The SMILES string of the molecule is COc1cc(/N=N/c2ccc([N+](=O)[O-])cc2Cl)c(NC(C)=O)cc1N(CCO)CCO. The van der Waals surface area contributed by atoms with Gasteiger partial charge in [-0.05, 0) is 12.1 Å². The Labute approximate surface area is 183 Å². The number of nitrogens with zero attached hydrogens (tertiary/aromatic N) is 4. The maximum Gasteiger partial charge on any atom is 0.271 e. The van der Waals surface area contributed by atoms with Crippen molar-refractivity contribution in [2.24, 2.45) is 10.2 Å². The number of ether oxygens (including phenoxy) is 1. The van der Waals surface area contributed by atoms with E-state index in [0.717, 1.165) is 6.07 Å². The summed E-state index contributed by atoms with van der Waals surface area (Å²) in [5.74, 6) is 0.0246. The lowest BCUT2D eigenvalue weighted by Crippen LogP contribution is -2.30. The van der Waals surface area contributed by atoms with Crippen molar-refractivity contribution in [3.05, 3.63) is 45.5 Å². The van der Waals surface area contributed by atoms with E-state index in [-0.39, 0.29) is 54.3 Å². The van der Waals surface area contributed by atoms with Gasteiger partial charge in [0.15, 0.2) is 0 Å². The minimum atomic E-state index is -0.574. The molecule has 12 heteroatoms. The summed E-state index contributed by atoms with van der Waals surface area (Å²) in [6.45, 7) is 1.49. The molecule has 2 aromatic carbocycles. The highest BCUT2D eigenvalue weighted by Gasteiger charge is 2.17. The highest BCUT2D eigenvalue weighted by Crippen LogP contribution is 2.40. The van der Waals surface area contributed by atoms with Gasteiger partial charge in [-0.15, -0.1) is 10.2 Å². The third kappa shape index (κ3) is 6.35. The van der Waals surface area contributed by atoms with Crippen molar-refractivity contribution in [3.8, 4) is 5.75 Å². The number of non-ortho nitro benzene ring substituents is 1. The molecule has 0 radical (unpaired) electrons. The number of carbonyl (C=O) groups is 1. The van der Waals surface area contributed by atoms with Gasteiger partial charge >= 0.3 is 0 Å². The van der Waals surface area contributed by atoms with E-state index in [4.69, 9.17) is 16.3 Å². The van der Waals surface area contributed by atoms with Crippen molar-refractivity contribution in [1.29, 1.82) is 0 Å². The molecule has 3 N–H and O–H groups in total. The molecule has 0 aromatic heterocycles. The Balaban J connectivity index is 2.51. The van der Waals surface area contributed by atoms with E-state index in [1.54, 1.807) is 11.0 Å². The summed E-state index contributed by atoms with van der Waals surface area (Å²) >= 11 is 6.05. The third-order valence-corrected chi connectivity index (χ3v) is 4.40. The fraction of sp³-hybridized carbons (Fsp3) is 0.316. The fourth-order valence-corrected chi connectivity index (χ4v) is 2.95. The second-order valence-electron chi connectivity index (χ2n) is 6.25. The molecule has 0 saturated carbocycles. The minimum Gasteiger partial charge on any atom is -0.494 e. The van der Waals surface area contributed by atoms with Crippen LogP contribution in [0.15, 0.2) is 40.6 Å². The number of nitro benzene ring substituents is 1. The number of methoxy groups -OCH3 is 1. The standard InChI is InChI=1S/C19H22ClN5O6/c1-12(28)21-16-10-18(24(5-7-26)6-8-27)19(31-2)11-17(16)23-22-15-4-3-13(25(29)30)9-14(15)20/h3-4,9-11,26-27H,5-8H2,1-2H3,(H,21,28)/b23-22+. The first-order valence-electron chi connectivity index (χ1n) is 9.12. The predicted octanol–water partition coefficient (Wildman–Crippen LogP) is 3.42. The maximum atomic E-state index is 11.7. The summed E-state index contributed by atoms with van der Waals surface area (Å²) in [5.41, 5.74) is 1.11. The average molecular weight is 452 g/mol. The number of aliphatic hydroxyl groups excluding tert-OH is 2. The molecule has 1 amide bonds. The Morgan fingerprint density at radius 3 is 2.35 bits per heavy atom. The van der Waals surface area contributed by atoms with Crippen molar-refractivity contribution in [2.45, 2.75) is 6.92 Å². The summed E-state index contributed by atoms with van der Waals surface area (Å²) < 4.78 is 5.42. The Morgan fingerprint density at radius 1 is 1.19 bits per heavy atom. The number of amides is 1. The van der Waals surface area contributed by atoms with Gasteiger partial charge in [-0.25, -0.2) is 0 Å². The molecule has 0 aliphatic carbocycles. The van der Waals surface area contributed by atoms with Crippen molar-refractivity contribution in [2.75, 3.05) is 43.6 Å². The molecule has 0 bridgehead atoms. The monoisotopic (exact) mass is 451 g/mol. The van der Waals surface area contributed by atoms with Gasteiger partial charge in [0.25, 0.3) is 5.69 Å². The molecule has 0 aliphatic heterocycles. The maximum absolute atomic E-state index is 11.7. The number of anilines is 2. The number of hydrogen-bond acceptors (Lipinski definition) is 9. The molecule has 0 aliphatic rings. The number of carbonyl (C=O) groups excluding carboxylic acids is 1. The molecular formula is C19H22ClN5O6. The van der Waals surface area contributed by atoms with Gasteiger partial charge in [-0.3, -0.25) is 14.9 Å². The molecule has 31 heavy (non-hydrogen) atoms. The lowest BCUT2D eigenvalue weighted by atomic mass is 10.2. The van der Waals surface area contributed by atoms with Crippen molar-refractivity contribution < 1.29 is 24.7 Å². The van der Waals surface area contributed by atoms with Crippen LogP contribution in [0.4, 0.5) is 28.4 Å². The zero-order valence-corrected chi connectivity index (χ0v) is 17.7. The van der Waals surface area contributed by atoms with Crippen molar-refractivity contribution in [3.63, 3.8) is 0 Å². The number of nitro groups is 1. The van der Waals surface area contributed by atoms with E-state index in [0.29, 0.717) is 17.1 Å². The van der Waals surface area contributed by atoms with Crippen LogP contribution < -0.4 is 15.0 Å². The van der Waals surface area contributed by atoms with Crippen LogP contribution in [0.2, 0.25) is 5.02 Å². The Bertz CT molecular complexity index is 979. The fourth-order valence-electron chi connectivity index (χ4n) is 2.73. The molecule has 0 heterocycles. The number of benzene rings is 2. The lowest BCUT2D eigenvalue weighted by Gasteiger charge is -2.26. The van der Waals surface area contributed by atoms with E-state index in [2.05, 4.69) is 15.5 Å². The molecule has 11 nitrogen and oxygen atoms in total. The molecule has 2 rings (SSSR count). The first-order chi connectivity index (χ1) is 14.8. The average Bonchev–Trinajstić information content (AvgIpc) is 2.72. The van der Waals surface area contributed by atoms with Gasteiger partial charge in [-0.1, -0.05) is 11.6 Å². The molecule has 0 fully saturated rings. The summed E-state index contributed by atoms with van der Waals surface area (Å²) in [6.07, 6.45) is 0. The van der Waals surface area contributed by atoms with Crippen LogP contribution in [0, 0.1) is 10.1 Å². The molecule has 0 atom stereocenters. The van der Waals surface area contributed by atoms with Gasteiger partial charge in [0.1, 0.15) is 17.1 Å². The number of azo groups is 1. The van der Waals surface area contributed by atoms with Gasteiger partial charge in [0.2, 0.25) is 5.91 Å². The number of hydrogen-bond donors (Lipinski definition) is 3. The highest BCUT2D eigenvalue weighted by atomic mass is 35.5. The third-order valence-electron chi connectivity index (χ3n) is 4.10. The second-order valence-corrected chi connectivity index (χ2v) is 6.66. The van der Waals surface area contributed by atoms with Crippen LogP contribution in [0.1, 0.15) is 6.92 Å². The van der Waals surface area contributed by atoms with Gasteiger partial charge in [-0.2, -0.15) is 0 Å². The molecule has 0 saturated heterocycles. The first kappa shape index (κ1) is 24.0. The van der Waals surface area contributed by atoms with Crippen LogP contribution in [-0.2, 0) is 4.79 Å². The van der Waals surface area contributed by atoms with Crippen LogP contribution in [0.3, 0.4) is 0 Å². The van der Waals surface area contributed by atoms with Gasteiger partial charge < -0.3 is 25.2 Å². The number of rotatable bonds is 10. The predicted molar refractivity (Wildman–Crippen MR) is 116 cm³/mol. The normalized spacial score (nSPS) is 10.9. The van der Waals surface area contributed by atoms with Gasteiger partial charge in [0.05, 0.1) is 41.6 Å². The van der Waals surface area contributed by atoms with Crippen molar-refractivity contribution >= 4 is 45.9 Å². The molecular weight excluding hydrogens is 430 g/mol. The summed E-state index contributed by atoms with van der Waals surface area (Å²) in [6, 6.07) is 6.90. The molecule has 166 valence electrons. The summed E-state index contributed by atoms with van der Waals surface area (Å²) in [7, 11) is 1.45. The second kappa shape index (κ2) is 11.2. The quantitative estimate of drug-likeness (QED) is 0.284. The number of aliphatic hydroxyl groups is 2. The topological polar surface area (TPSA) is 150 Å². The van der Waals surface area contributed by atoms with E-state index >= 15 is 0 Å². The highest BCUT2D eigenvalue weighted by molar-refractivity contribution is 6.33. The number of nitrogens with one attached hydrogen (secondary N) is 1. The number of halogens is 1. The van der Waals surface area contributed by atoms with Crippen molar-refractivity contribution in [1.82, 2.24) is 0 Å². The Hall–Kier alpha value is -3.28. The molecule has 0 unspecified atom stereocenters. The van der Waals surface area contributed by atoms with E-state index in [1.165, 1.54) is 32.2 Å². The summed E-state index contributed by atoms with van der Waals surface area (Å²) in [4.78, 5) is 23.7. The van der Waals surface area contributed by atoms with Crippen LogP contribution in [0.5, 0.6) is 5.75 Å². The smallest absolute Gasteiger partial charge is 0.271 e. The zero-order valence-electron chi connectivity index (χ0n) is 16.9. The van der Waals surface area contributed by atoms with E-state index in [1.807, 2.05) is 0 Å². The largest absolute Gasteiger partial charge is 0.494 e. The molecule has 0 spiro atoms. The van der Waals surface area contributed by atoms with E-state index in [9.17, 15) is 25.1 Å². The summed E-state index contributed by atoms with van der Waals surface area (Å²) in [5, 5.41) is 40.4. The van der Waals surface area contributed by atoms with Crippen LogP contribution in [-0.4, -0.2) is 54.5 Å². The first-order valence-corrected chi connectivity index (χ1v) is 9.50. The minimum absolute atomic E-state index is 0.0414. The Morgan fingerprint density at radius 2 is 1.84 bits per heavy atom. The van der Waals surface area contributed by atoms with Gasteiger partial charge in [0, 0.05) is 38.2 Å².